The van der Waals surface area contributed by atoms with Crippen molar-refractivity contribution in [3.8, 4) is 0 Å². The van der Waals surface area contributed by atoms with Crippen LogP contribution in [0.2, 0.25) is 0 Å². The second kappa shape index (κ2) is 8.53. The van der Waals surface area contributed by atoms with Crippen molar-refractivity contribution in [1.82, 2.24) is 0 Å². The van der Waals surface area contributed by atoms with Crippen molar-refractivity contribution < 1.29 is 44.6 Å². The van der Waals surface area contributed by atoms with Crippen LogP contribution in [-0.4, -0.2) is 17.2 Å². The predicted molar refractivity (Wildman–Crippen MR) is 35.2 cm³/mol. The number of carbonyl (C=O) groups is 1. The van der Waals surface area contributed by atoms with E-state index in [2.05, 4.69) is 0 Å². The van der Waals surface area contributed by atoms with Crippen LogP contribution in [0.1, 0.15) is 32.6 Å². The molecule has 0 saturated heterocycles. The molecule has 0 aromatic carbocycles. The quantitative estimate of drug-likeness (QED) is 0.345. The molecule has 0 fully saturated rings. The molecule has 0 heterocycles. The number of aliphatic hydroxyl groups excluding tert-OH is 1. The molecule has 0 saturated carbocycles. The van der Waals surface area contributed by atoms with Crippen LogP contribution in [0.15, 0.2) is 0 Å². The molecule has 1 unspecified atom stereocenters. The number of hydrogen-bond acceptors (Lipinski definition) is 3. The van der Waals surface area contributed by atoms with E-state index in [1.165, 1.54) is 0 Å². The third kappa shape index (κ3) is 13.4. The molecule has 4 heteroatoms. The van der Waals surface area contributed by atoms with Crippen LogP contribution >= 0.6 is 0 Å². The smallest absolute Gasteiger partial charge is 0.550 e. The zero-order valence-corrected chi connectivity index (χ0v) is 9.17. The molecule has 0 spiro atoms. The molecule has 1 atom stereocenters. The van der Waals surface area contributed by atoms with E-state index in [9.17, 15) is 9.90 Å². The van der Waals surface area contributed by atoms with Crippen molar-refractivity contribution in [2.45, 2.75) is 38.7 Å². The zero-order chi connectivity index (χ0) is 7.98. The molecule has 0 amide bonds. The SMILES string of the molecule is CC(O)CCCCC(=O)[O-].[Na+]. The third-order valence-corrected chi connectivity index (χ3v) is 1.25. The minimum absolute atomic E-state index is 0. The van der Waals surface area contributed by atoms with Crippen LogP contribution in [-0.2, 0) is 4.79 Å². The largest absolute Gasteiger partial charge is 1.00 e. The van der Waals surface area contributed by atoms with Gasteiger partial charge in [0.25, 0.3) is 0 Å². The molecule has 0 aliphatic carbocycles. The number of hydrogen-bond donors (Lipinski definition) is 1. The van der Waals surface area contributed by atoms with Gasteiger partial charge in [0.1, 0.15) is 0 Å². The Morgan fingerprint density at radius 1 is 1.55 bits per heavy atom. The average molecular weight is 168 g/mol. The summed E-state index contributed by atoms with van der Waals surface area (Å²) in [4.78, 5) is 9.87. The Bertz CT molecular complexity index is 104. The summed E-state index contributed by atoms with van der Waals surface area (Å²) in [5.74, 6) is -1.01. The summed E-state index contributed by atoms with van der Waals surface area (Å²) in [5.41, 5.74) is 0. The summed E-state index contributed by atoms with van der Waals surface area (Å²) in [6.45, 7) is 1.69. The minimum atomic E-state index is -1.01. The van der Waals surface area contributed by atoms with Crippen LogP contribution in [0.4, 0.5) is 0 Å². The summed E-state index contributed by atoms with van der Waals surface area (Å²) in [7, 11) is 0. The minimum Gasteiger partial charge on any atom is -0.550 e. The molecule has 0 aliphatic heterocycles. The molecule has 0 bridgehead atoms. The van der Waals surface area contributed by atoms with Gasteiger partial charge >= 0.3 is 29.6 Å². The van der Waals surface area contributed by atoms with Gasteiger partial charge in [-0.25, -0.2) is 0 Å². The first-order chi connectivity index (χ1) is 4.63. The summed E-state index contributed by atoms with van der Waals surface area (Å²) in [6.07, 6.45) is 1.82. The molecule has 11 heavy (non-hydrogen) atoms. The molecule has 60 valence electrons. The van der Waals surface area contributed by atoms with E-state index < -0.39 is 5.97 Å². The monoisotopic (exact) mass is 168 g/mol. The normalized spacial score (nSPS) is 11.8. The van der Waals surface area contributed by atoms with Gasteiger partial charge in [-0.2, -0.15) is 0 Å². The van der Waals surface area contributed by atoms with Crippen molar-refractivity contribution in [3.05, 3.63) is 0 Å². The standard InChI is InChI=1S/C7H14O3.Na/c1-6(8)4-2-3-5-7(9)10;/h6,8H,2-5H2,1H3,(H,9,10);/q;+1/p-1. The van der Waals surface area contributed by atoms with Crippen LogP contribution in [0.5, 0.6) is 0 Å². The molecule has 0 aliphatic rings. The summed E-state index contributed by atoms with van der Waals surface area (Å²) in [6, 6.07) is 0. The predicted octanol–water partition coefficient (Wildman–Crippen LogP) is -3.32. The average Bonchev–Trinajstić information content (AvgIpc) is 1.79. The number of rotatable bonds is 5. The first kappa shape index (κ1) is 14.0. The van der Waals surface area contributed by atoms with E-state index in [-0.39, 0.29) is 42.1 Å². The van der Waals surface area contributed by atoms with Gasteiger partial charge in [-0.3, -0.25) is 0 Å². The number of carbonyl (C=O) groups excluding carboxylic acids is 1. The molecular weight excluding hydrogens is 155 g/mol. The second-order valence-corrected chi connectivity index (χ2v) is 2.47. The second-order valence-electron chi connectivity index (χ2n) is 2.47. The van der Waals surface area contributed by atoms with E-state index in [0.717, 1.165) is 6.42 Å². The Labute approximate surface area is 89.1 Å². The number of unbranched alkanes of at least 4 members (excludes halogenated alkanes) is 1. The van der Waals surface area contributed by atoms with E-state index >= 15 is 0 Å². The number of carboxylic acid groups (broad SMARTS) is 1. The number of aliphatic carboxylic acids is 1. The molecule has 0 radical (unpaired) electrons. The van der Waals surface area contributed by atoms with Crippen molar-refractivity contribution in [2.75, 3.05) is 0 Å². The van der Waals surface area contributed by atoms with E-state index in [1.807, 2.05) is 0 Å². The molecule has 0 aromatic rings. The maximum atomic E-state index is 9.87. The topological polar surface area (TPSA) is 60.4 Å². The summed E-state index contributed by atoms with van der Waals surface area (Å²) < 4.78 is 0. The maximum Gasteiger partial charge on any atom is 1.00 e. The van der Waals surface area contributed by atoms with Gasteiger partial charge in [-0.15, -0.1) is 0 Å². The van der Waals surface area contributed by atoms with Crippen LogP contribution < -0.4 is 34.7 Å². The van der Waals surface area contributed by atoms with Crippen LogP contribution in [0, 0.1) is 0 Å². The van der Waals surface area contributed by atoms with Gasteiger partial charge in [-0.1, -0.05) is 6.42 Å². The van der Waals surface area contributed by atoms with Gasteiger partial charge in [0.2, 0.25) is 0 Å². The fourth-order valence-electron chi connectivity index (χ4n) is 0.709. The van der Waals surface area contributed by atoms with Gasteiger partial charge in [0.05, 0.1) is 6.10 Å². The molecule has 0 rings (SSSR count). The van der Waals surface area contributed by atoms with Crippen molar-refractivity contribution >= 4 is 5.97 Å². The van der Waals surface area contributed by atoms with E-state index in [0.29, 0.717) is 12.8 Å². The van der Waals surface area contributed by atoms with E-state index in [1.54, 1.807) is 6.92 Å². The van der Waals surface area contributed by atoms with Gasteiger partial charge < -0.3 is 15.0 Å². The maximum absolute atomic E-state index is 9.87. The van der Waals surface area contributed by atoms with Crippen LogP contribution in [0.25, 0.3) is 0 Å². The Hall–Kier alpha value is 0.430. The first-order valence-electron chi connectivity index (χ1n) is 3.51. The van der Waals surface area contributed by atoms with Gasteiger partial charge in [0, 0.05) is 5.97 Å². The van der Waals surface area contributed by atoms with Gasteiger partial charge in [-0.05, 0) is 26.2 Å². The molecule has 1 N–H and O–H groups in total. The van der Waals surface area contributed by atoms with Crippen molar-refractivity contribution in [3.63, 3.8) is 0 Å². The summed E-state index contributed by atoms with van der Waals surface area (Å²) in [5, 5.41) is 18.6. The van der Waals surface area contributed by atoms with Crippen molar-refractivity contribution in [2.24, 2.45) is 0 Å². The number of aliphatic hydroxyl groups is 1. The Morgan fingerprint density at radius 2 is 2.09 bits per heavy atom. The fraction of sp³-hybridized carbons (Fsp3) is 0.857. The first-order valence-corrected chi connectivity index (χ1v) is 3.51. The van der Waals surface area contributed by atoms with E-state index in [4.69, 9.17) is 5.11 Å². The summed E-state index contributed by atoms with van der Waals surface area (Å²) >= 11 is 0. The molecular formula is C7H13NaO3. The third-order valence-electron chi connectivity index (χ3n) is 1.25. The number of carboxylic acids is 1. The Kier molecular flexibility index (Phi) is 10.8. The molecule has 3 nitrogen and oxygen atoms in total. The Balaban J connectivity index is 0. The van der Waals surface area contributed by atoms with Gasteiger partial charge in [0.15, 0.2) is 0 Å². The fourth-order valence-corrected chi connectivity index (χ4v) is 0.709. The van der Waals surface area contributed by atoms with Crippen molar-refractivity contribution in [1.29, 1.82) is 0 Å². The van der Waals surface area contributed by atoms with Crippen LogP contribution in [0.3, 0.4) is 0 Å². The zero-order valence-electron chi connectivity index (χ0n) is 7.17. The molecule has 0 aromatic heterocycles. The Morgan fingerprint density at radius 3 is 2.45 bits per heavy atom.